The smallest absolute Gasteiger partial charge is 0.437 e. The molecule has 1 fully saturated rings. The van der Waals surface area contributed by atoms with Crippen LogP contribution in [0.1, 0.15) is 46.5 Å². The van der Waals surface area contributed by atoms with Gasteiger partial charge in [0.25, 0.3) is 0 Å². The molecule has 0 radical (unpaired) electrons. The number of carbonyl (C=O) groups is 2. The average molecular weight is 418 g/mol. The molecule has 0 bridgehead atoms. The number of hydrogen-bond acceptors (Lipinski definition) is 5. The van der Waals surface area contributed by atoms with Crippen molar-refractivity contribution in [3.63, 3.8) is 0 Å². The van der Waals surface area contributed by atoms with Crippen LogP contribution >= 0.6 is 27.3 Å². The van der Waals surface area contributed by atoms with E-state index in [1.165, 1.54) is 18.4 Å². The van der Waals surface area contributed by atoms with Crippen molar-refractivity contribution < 1.29 is 19.1 Å². The van der Waals surface area contributed by atoms with Crippen LogP contribution in [0.3, 0.4) is 0 Å². The van der Waals surface area contributed by atoms with Crippen LogP contribution in [0.5, 0.6) is 5.06 Å². The van der Waals surface area contributed by atoms with E-state index in [0.29, 0.717) is 16.7 Å². The van der Waals surface area contributed by atoms with Crippen molar-refractivity contribution in [1.82, 2.24) is 0 Å². The van der Waals surface area contributed by atoms with Gasteiger partial charge in [-0.05, 0) is 67.4 Å². The molecule has 0 spiro atoms. The third kappa shape index (κ3) is 4.51. The molecule has 0 N–H and O–H groups in total. The predicted octanol–water partition coefficient (Wildman–Crippen LogP) is 5.22. The molecular formula is C17H24BrNO4S. The predicted molar refractivity (Wildman–Crippen MR) is 98.8 cm³/mol. The lowest BCUT2D eigenvalue weighted by molar-refractivity contribution is -0.123. The number of ether oxygens (including phenoxy) is 2. The summed E-state index contributed by atoms with van der Waals surface area (Å²) >= 11 is 4.68. The molecule has 1 amide bonds. The molecule has 1 saturated carbocycles. The minimum atomic E-state index is -0.784. The van der Waals surface area contributed by atoms with Gasteiger partial charge in [0.1, 0.15) is 0 Å². The van der Waals surface area contributed by atoms with Crippen LogP contribution in [0.2, 0.25) is 0 Å². The lowest BCUT2D eigenvalue weighted by atomic mass is 9.82. The maximum absolute atomic E-state index is 13.1. The van der Waals surface area contributed by atoms with Gasteiger partial charge < -0.3 is 14.4 Å². The second-order valence-corrected chi connectivity index (χ2v) is 8.93. The van der Waals surface area contributed by atoms with Gasteiger partial charge in [0.2, 0.25) is 11.0 Å². The Morgan fingerprint density at radius 1 is 1.29 bits per heavy atom. The highest BCUT2D eigenvalue weighted by Gasteiger charge is 2.33. The number of amides is 1. The first kappa shape index (κ1) is 19.2. The zero-order valence-electron chi connectivity index (χ0n) is 14.5. The van der Waals surface area contributed by atoms with Gasteiger partial charge in [-0.2, -0.15) is 0 Å². The Morgan fingerprint density at radius 2 is 1.92 bits per heavy atom. The molecule has 0 saturated heterocycles. The van der Waals surface area contributed by atoms with E-state index in [0.717, 1.165) is 29.5 Å². The van der Waals surface area contributed by atoms with Gasteiger partial charge in [-0.3, -0.25) is 4.79 Å². The molecule has 1 aromatic heterocycles. The summed E-state index contributed by atoms with van der Waals surface area (Å²) in [5.74, 6) is 0.834. The van der Waals surface area contributed by atoms with Crippen molar-refractivity contribution in [3.8, 4) is 5.06 Å². The van der Waals surface area contributed by atoms with Crippen molar-refractivity contribution in [2.75, 3.05) is 12.0 Å². The number of hydrogen-bond donors (Lipinski definition) is 0. The van der Waals surface area contributed by atoms with Gasteiger partial charge in [-0.15, -0.1) is 0 Å². The fourth-order valence-electron chi connectivity index (χ4n) is 3.05. The largest absolute Gasteiger partial charge is 0.514 e. The number of nitrogens with zero attached hydrogens (tertiary/aromatic N) is 1. The highest BCUT2D eigenvalue weighted by Crippen LogP contribution is 2.43. The lowest BCUT2D eigenvalue weighted by Gasteiger charge is -2.33. The van der Waals surface area contributed by atoms with E-state index in [1.54, 1.807) is 4.90 Å². The lowest BCUT2D eigenvalue weighted by Crippen LogP contribution is -2.42. The standard InChI is InChI=1S/C17H24BrNO4S/c1-10(2)19(15(20)12-7-5-11(3)6-8-12)13-9-14(18)24-16(13)23-17(21)22-4/h9-12H,5-8H2,1-4H3. The zero-order chi connectivity index (χ0) is 17.9. The second-order valence-electron chi connectivity index (χ2n) is 6.54. The SMILES string of the molecule is COC(=O)Oc1sc(Br)cc1N(C(=O)C1CCC(C)CC1)C(C)C. The fourth-order valence-corrected chi connectivity index (χ4v) is 4.43. The van der Waals surface area contributed by atoms with Gasteiger partial charge in [-0.1, -0.05) is 18.3 Å². The first-order chi connectivity index (χ1) is 11.3. The van der Waals surface area contributed by atoms with E-state index in [9.17, 15) is 9.59 Å². The number of thiophene rings is 1. The maximum atomic E-state index is 13.1. The molecule has 1 aromatic rings. The number of methoxy groups -OCH3 is 1. The first-order valence-corrected chi connectivity index (χ1v) is 9.82. The first-order valence-electron chi connectivity index (χ1n) is 8.21. The Hall–Kier alpha value is -1.08. The molecule has 24 heavy (non-hydrogen) atoms. The molecule has 134 valence electrons. The monoisotopic (exact) mass is 417 g/mol. The third-order valence-electron chi connectivity index (χ3n) is 4.37. The van der Waals surface area contributed by atoms with Crippen LogP contribution in [-0.2, 0) is 9.53 Å². The molecule has 0 atom stereocenters. The maximum Gasteiger partial charge on any atom is 0.514 e. The Kier molecular flexibility index (Phi) is 6.69. The molecule has 0 aromatic carbocycles. The Morgan fingerprint density at radius 3 is 2.46 bits per heavy atom. The quantitative estimate of drug-likeness (QED) is 0.629. The molecule has 0 aliphatic heterocycles. The summed E-state index contributed by atoms with van der Waals surface area (Å²) in [6.07, 6.45) is 3.22. The summed E-state index contributed by atoms with van der Waals surface area (Å²) in [5.41, 5.74) is 0.621. The average Bonchev–Trinajstić information content (AvgIpc) is 2.87. The third-order valence-corrected chi connectivity index (χ3v) is 5.88. The molecule has 1 aliphatic rings. The topological polar surface area (TPSA) is 55.8 Å². The van der Waals surface area contributed by atoms with E-state index in [-0.39, 0.29) is 17.9 Å². The van der Waals surface area contributed by atoms with E-state index in [1.807, 2.05) is 19.9 Å². The second kappa shape index (κ2) is 8.34. The minimum absolute atomic E-state index is 0.0293. The van der Waals surface area contributed by atoms with Crippen molar-refractivity contribution >= 4 is 45.0 Å². The van der Waals surface area contributed by atoms with Crippen molar-refractivity contribution in [1.29, 1.82) is 0 Å². The normalized spacial score (nSPS) is 20.8. The van der Waals surface area contributed by atoms with Gasteiger partial charge in [0.05, 0.1) is 16.6 Å². The van der Waals surface area contributed by atoms with E-state index >= 15 is 0 Å². The number of anilines is 1. The summed E-state index contributed by atoms with van der Waals surface area (Å²) in [5, 5.41) is 0.375. The zero-order valence-corrected chi connectivity index (χ0v) is 16.9. The Balaban J connectivity index is 2.27. The van der Waals surface area contributed by atoms with Crippen LogP contribution in [0, 0.1) is 11.8 Å². The molecule has 0 unspecified atom stereocenters. The highest BCUT2D eigenvalue weighted by atomic mass is 79.9. The summed E-state index contributed by atoms with van der Waals surface area (Å²) in [7, 11) is 1.26. The summed E-state index contributed by atoms with van der Waals surface area (Å²) < 4.78 is 10.6. The number of halogens is 1. The van der Waals surface area contributed by atoms with Gasteiger partial charge in [-0.25, -0.2) is 4.79 Å². The molecule has 7 heteroatoms. The van der Waals surface area contributed by atoms with Gasteiger partial charge >= 0.3 is 6.16 Å². The molecular weight excluding hydrogens is 394 g/mol. The van der Waals surface area contributed by atoms with Crippen LogP contribution in [0.4, 0.5) is 10.5 Å². The van der Waals surface area contributed by atoms with E-state index < -0.39 is 6.16 Å². The van der Waals surface area contributed by atoms with Crippen molar-refractivity contribution in [2.45, 2.75) is 52.5 Å². The van der Waals surface area contributed by atoms with Crippen molar-refractivity contribution in [3.05, 3.63) is 9.85 Å². The minimum Gasteiger partial charge on any atom is -0.437 e. The van der Waals surface area contributed by atoms with E-state index in [4.69, 9.17) is 4.74 Å². The van der Waals surface area contributed by atoms with Gasteiger partial charge in [0, 0.05) is 12.0 Å². The molecule has 5 nitrogen and oxygen atoms in total. The molecule has 1 aliphatic carbocycles. The van der Waals surface area contributed by atoms with Crippen LogP contribution in [0.15, 0.2) is 9.85 Å². The Bertz CT molecular complexity index is 593. The summed E-state index contributed by atoms with van der Waals surface area (Å²) in [6, 6.07) is 1.80. The summed E-state index contributed by atoms with van der Waals surface area (Å²) in [6.45, 7) is 6.17. The number of rotatable bonds is 4. The highest BCUT2D eigenvalue weighted by molar-refractivity contribution is 9.11. The van der Waals surface area contributed by atoms with Crippen LogP contribution in [-0.4, -0.2) is 25.2 Å². The number of carbonyl (C=O) groups excluding carboxylic acids is 2. The van der Waals surface area contributed by atoms with E-state index in [2.05, 4.69) is 27.6 Å². The van der Waals surface area contributed by atoms with Gasteiger partial charge in [0.15, 0.2) is 0 Å². The Labute approximate surface area is 155 Å². The van der Waals surface area contributed by atoms with Crippen LogP contribution in [0.25, 0.3) is 0 Å². The molecule has 1 heterocycles. The summed E-state index contributed by atoms with van der Waals surface area (Å²) in [4.78, 5) is 26.3. The fraction of sp³-hybridized carbons (Fsp3) is 0.647. The van der Waals surface area contributed by atoms with Crippen LogP contribution < -0.4 is 9.64 Å². The van der Waals surface area contributed by atoms with Crippen molar-refractivity contribution in [2.24, 2.45) is 11.8 Å². The molecule has 2 rings (SSSR count).